The quantitative estimate of drug-likeness (QED) is 0.633. The number of aromatic nitrogens is 2. The van der Waals surface area contributed by atoms with Gasteiger partial charge in [0.05, 0.1) is 5.02 Å². The number of nitrogens with one attached hydrogen (secondary N) is 1. The molecule has 0 fully saturated rings. The summed E-state index contributed by atoms with van der Waals surface area (Å²) in [4.78, 5) is 3.36. The summed E-state index contributed by atoms with van der Waals surface area (Å²) in [6.45, 7) is 2.09. The maximum atomic E-state index is 5.96. The lowest BCUT2D eigenvalue weighted by Crippen LogP contribution is -2.16. The molecular weight excluding hydrogens is 232 g/mol. The van der Waals surface area contributed by atoms with Gasteiger partial charge < -0.3 is 0 Å². The van der Waals surface area contributed by atoms with Gasteiger partial charge in [-0.3, -0.25) is 0 Å². The van der Waals surface area contributed by atoms with Crippen LogP contribution in [-0.4, -0.2) is 4.98 Å². The Balaban J connectivity index is 2.14. The molecule has 0 bridgehead atoms. The number of aromatic amines is 1. The first-order valence-corrected chi connectivity index (χ1v) is 5.87. The van der Waals surface area contributed by atoms with Crippen LogP contribution in [0.5, 0.6) is 0 Å². The summed E-state index contributed by atoms with van der Waals surface area (Å²) in [7, 11) is 0. The van der Waals surface area contributed by atoms with Crippen LogP contribution in [0.2, 0.25) is 5.02 Å². The summed E-state index contributed by atoms with van der Waals surface area (Å²) in [6, 6.07) is 12.3. The first-order chi connectivity index (χ1) is 8.22. The number of halogens is 1. The van der Waals surface area contributed by atoms with Gasteiger partial charge in [0.1, 0.15) is 12.4 Å². The average molecular weight is 244 g/mol. The van der Waals surface area contributed by atoms with Crippen molar-refractivity contribution in [3.8, 4) is 11.3 Å². The topological polar surface area (TPSA) is 19.9 Å². The summed E-state index contributed by atoms with van der Waals surface area (Å²) >= 11 is 5.96. The number of hydrogen-bond acceptors (Lipinski definition) is 0. The largest absolute Gasteiger partial charge is 0.284 e. The molecule has 3 rings (SSSR count). The van der Waals surface area contributed by atoms with Crippen molar-refractivity contribution in [3.63, 3.8) is 0 Å². The van der Waals surface area contributed by atoms with Crippen LogP contribution in [0.25, 0.3) is 16.9 Å². The fourth-order valence-electron chi connectivity index (χ4n) is 1.89. The van der Waals surface area contributed by atoms with Gasteiger partial charge in [-0.15, -0.1) is 0 Å². The molecule has 17 heavy (non-hydrogen) atoms. The van der Waals surface area contributed by atoms with E-state index in [1.54, 1.807) is 0 Å². The predicted molar refractivity (Wildman–Crippen MR) is 69.1 cm³/mol. The zero-order chi connectivity index (χ0) is 11.8. The molecule has 0 atom stereocenters. The van der Waals surface area contributed by atoms with Crippen molar-refractivity contribution >= 4 is 17.2 Å². The van der Waals surface area contributed by atoms with Crippen LogP contribution in [0.15, 0.2) is 48.8 Å². The molecule has 0 aliphatic heterocycles. The standard InChI is InChI=1S/C14H11ClN2/c1-10-2-4-11(5-3-10)13-9-17-8-12(15)6-7-14(17)16-13/h2-9H,1H3/p+1. The van der Waals surface area contributed by atoms with Gasteiger partial charge in [-0.1, -0.05) is 41.4 Å². The summed E-state index contributed by atoms with van der Waals surface area (Å²) in [5.74, 6) is 0. The third-order valence-electron chi connectivity index (χ3n) is 2.83. The molecule has 0 radical (unpaired) electrons. The lowest BCUT2D eigenvalue weighted by Gasteiger charge is -1.93. The smallest absolute Gasteiger partial charge is 0.237 e. The average Bonchev–Trinajstić information content (AvgIpc) is 2.72. The van der Waals surface area contributed by atoms with Gasteiger partial charge in [0, 0.05) is 11.6 Å². The molecule has 2 aromatic heterocycles. The molecule has 0 saturated carbocycles. The molecule has 0 spiro atoms. The lowest BCUT2D eigenvalue weighted by molar-refractivity contribution is -0.509. The summed E-state index contributed by atoms with van der Waals surface area (Å²) in [5.41, 5.74) is 4.56. The van der Waals surface area contributed by atoms with Crippen LogP contribution < -0.4 is 4.40 Å². The zero-order valence-electron chi connectivity index (χ0n) is 9.44. The molecular formula is C14H12ClN2+. The number of rotatable bonds is 1. The number of fused-ring (bicyclic) bond motifs is 1. The molecule has 2 heterocycles. The van der Waals surface area contributed by atoms with Crippen LogP contribution >= 0.6 is 11.6 Å². The van der Waals surface area contributed by atoms with Crippen LogP contribution in [0.1, 0.15) is 5.56 Å². The van der Waals surface area contributed by atoms with Crippen molar-refractivity contribution in [2.24, 2.45) is 0 Å². The second-order valence-corrected chi connectivity index (χ2v) is 4.61. The van der Waals surface area contributed by atoms with Gasteiger partial charge in [-0.2, -0.15) is 0 Å². The van der Waals surface area contributed by atoms with Crippen molar-refractivity contribution in [1.82, 2.24) is 4.98 Å². The van der Waals surface area contributed by atoms with Crippen molar-refractivity contribution in [2.45, 2.75) is 6.92 Å². The second-order valence-electron chi connectivity index (χ2n) is 4.17. The SMILES string of the molecule is Cc1ccc(-c2c[n+]3cc(Cl)ccc3[nH]2)cc1. The first kappa shape index (κ1) is 10.4. The van der Waals surface area contributed by atoms with E-state index in [1.807, 2.05) is 28.9 Å². The zero-order valence-corrected chi connectivity index (χ0v) is 10.2. The van der Waals surface area contributed by atoms with Crippen molar-refractivity contribution < 1.29 is 4.40 Å². The number of hydrogen-bond donors (Lipinski definition) is 1. The highest BCUT2D eigenvalue weighted by Gasteiger charge is 2.10. The monoisotopic (exact) mass is 243 g/mol. The Hall–Kier alpha value is -1.80. The van der Waals surface area contributed by atoms with E-state index >= 15 is 0 Å². The Morgan fingerprint density at radius 1 is 1.00 bits per heavy atom. The molecule has 1 N–H and O–H groups in total. The normalized spacial score (nSPS) is 10.9. The van der Waals surface area contributed by atoms with Crippen LogP contribution in [0.3, 0.4) is 0 Å². The van der Waals surface area contributed by atoms with E-state index in [0.717, 1.165) is 16.4 Å². The number of H-pyrrole nitrogens is 1. The highest BCUT2D eigenvalue weighted by Crippen LogP contribution is 2.17. The molecule has 0 unspecified atom stereocenters. The molecule has 0 aliphatic rings. The van der Waals surface area contributed by atoms with E-state index in [0.29, 0.717) is 0 Å². The second kappa shape index (κ2) is 3.90. The minimum atomic E-state index is 0.733. The Labute approximate surface area is 104 Å². The number of nitrogens with zero attached hydrogens (tertiary/aromatic N) is 1. The summed E-state index contributed by atoms with van der Waals surface area (Å²) < 4.78 is 2.00. The van der Waals surface area contributed by atoms with E-state index < -0.39 is 0 Å². The van der Waals surface area contributed by atoms with Crippen LogP contribution in [0.4, 0.5) is 0 Å². The van der Waals surface area contributed by atoms with E-state index in [9.17, 15) is 0 Å². The van der Waals surface area contributed by atoms with Crippen LogP contribution in [0, 0.1) is 6.92 Å². The number of imidazole rings is 1. The van der Waals surface area contributed by atoms with E-state index in [2.05, 4.69) is 36.2 Å². The molecule has 0 saturated heterocycles. The van der Waals surface area contributed by atoms with Crippen molar-refractivity contribution in [3.05, 3.63) is 59.4 Å². The van der Waals surface area contributed by atoms with Gasteiger partial charge in [-0.05, 0) is 13.0 Å². The fraction of sp³-hybridized carbons (Fsp3) is 0.0714. The lowest BCUT2D eigenvalue weighted by atomic mass is 10.1. The minimum absolute atomic E-state index is 0.733. The van der Waals surface area contributed by atoms with E-state index in [4.69, 9.17) is 11.6 Å². The van der Waals surface area contributed by atoms with Crippen molar-refractivity contribution in [2.75, 3.05) is 0 Å². The Kier molecular flexibility index (Phi) is 2.37. The molecule has 3 heteroatoms. The maximum absolute atomic E-state index is 5.96. The molecule has 3 aromatic rings. The fourth-order valence-corrected chi connectivity index (χ4v) is 2.06. The van der Waals surface area contributed by atoms with Gasteiger partial charge in [0.2, 0.25) is 0 Å². The minimum Gasteiger partial charge on any atom is -0.237 e. The number of pyridine rings is 1. The molecule has 0 aliphatic carbocycles. The third-order valence-corrected chi connectivity index (χ3v) is 3.06. The van der Waals surface area contributed by atoms with E-state index in [-0.39, 0.29) is 0 Å². The Morgan fingerprint density at radius 3 is 2.53 bits per heavy atom. The van der Waals surface area contributed by atoms with Gasteiger partial charge >= 0.3 is 0 Å². The summed E-state index contributed by atoms with van der Waals surface area (Å²) in [5, 5.41) is 0.733. The molecule has 84 valence electrons. The first-order valence-electron chi connectivity index (χ1n) is 5.49. The Bertz CT molecular complexity index is 668. The van der Waals surface area contributed by atoms with Gasteiger partial charge in [-0.25, -0.2) is 9.38 Å². The molecule has 0 amide bonds. The number of aryl methyl sites for hydroxylation is 1. The highest BCUT2D eigenvalue weighted by molar-refractivity contribution is 6.30. The number of benzene rings is 1. The third kappa shape index (κ3) is 1.92. The maximum Gasteiger partial charge on any atom is 0.284 e. The van der Waals surface area contributed by atoms with Gasteiger partial charge in [0.25, 0.3) is 5.65 Å². The molecule has 2 nitrogen and oxygen atoms in total. The molecule has 1 aromatic carbocycles. The van der Waals surface area contributed by atoms with Crippen LogP contribution in [-0.2, 0) is 0 Å². The highest BCUT2D eigenvalue weighted by atomic mass is 35.5. The van der Waals surface area contributed by atoms with E-state index in [1.165, 1.54) is 11.1 Å². The summed E-state index contributed by atoms with van der Waals surface area (Å²) in [6.07, 6.45) is 3.94. The van der Waals surface area contributed by atoms with Gasteiger partial charge in [0.15, 0.2) is 5.69 Å². The predicted octanol–water partition coefficient (Wildman–Crippen LogP) is 3.38. The van der Waals surface area contributed by atoms with Crippen molar-refractivity contribution in [1.29, 1.82) is 0 Å². The Morgan fingerprint density at radius 2 is 1.76 bits per heavy atom.